The van der Waals surface area contributed by atoms with Gasteiger partial charge in [0.1, 0.15) is 11.5 Å². The molecule has 2 atom stereocenters. The maximum absolute atomic E-state index is 12.1. The van der Waals surface area contributed by atoms with Crippen LogP contribution < -0.4 is 15.0 Å². The number of hydrogen-bond acceptors (Lipinski definition) is 4. The SMILES string of the molecule is Cc1ccccc1Oc1ccc(N2C(=S)NC(c3ccccn3)C2c2cc(C)n(-c3ccccc3C(=O)O)c2C)cc1. The second-order valence-corrected chi connectivity index (χ2v) is 10.7. The zero-order valence-electron chi connectivity index (χ0n) is 23.5. The van der Waals surface area contributed by atoms with E-state index in [1.807, 2.05) is 104 Å². The number of aryl methyl sites for hydroxylation is 2. The number of hydrogen-bond donors (Lipinski definition) is 2. The monoisotopic (exact) mass is 574 g/mol. The number of rotatable bonds is 7. The summed E-state index contributed by atoms with van der Waals surface area (Å²) in [5, 5.41) is 14.0. The third-order valence-corrected chi connectivity index (χ3v) is 8.01. The molecule has 3 aromatic carbocycles. The molecule has 0 aliphatic carbocycles. The summed E-state index contributed by atoms with van der Waals surface area (Å²) in [6.45, 7) is 6.04. The fourth-order valence-electron chi connectivity index (χ4n) is 5.73. The Kier molecular flexibility index (Phi) is 7.22. The number of pyridine rings is 1. The van der Waals surface area contributed by atoms with Gasteiger partial charge in [-0.15, -0.1) is 0 Å². The number of carboxylic acid groups (broad SMARTS) is 1. The smallest absolute Gasteiger partial charge is 0.337 e. The highest BCUT2D eigenvalue weighted by molar-refractivity contribution is 7.80. The fraction of sp³-hybridized carbons (Fsp3) is 0.147. The van der Waals surface area contributed by atoms with E-state index in [1.165, 1.54) is 0 Å². The van der Waals surface area contributed by atoms with Crippen molar-refractivity contribution >= 4 is 29.0 Å². The Morgan fingerprint density at radius 1 is 0.929 bits per heavy atom. The molecular weight excluding hydrogens is 544 g/mol. The van der Waals surface area contributed by atoms with Crippen LogP contribution in [-0.2, 0) is 0 Å². The van der Waals surface area contributed by atoms with Crippen LogP contribution in [0.5, 0.6) is 11.5 Å². The number of anilines is 1. The Labute approximate surface area is 250 Å². The summed E-state index contributed by atoms with van der Waals surface area (Å²) >= 11 is 5.93. The van der Waals surface area contributed by atoms with Crippen molar-refractivity contribution in [1.29, 1.82) is 0 Å². The van der Waals surface area contributed by atoms with Crippen molar-refractivity contribution in [2.24, 2.45) is 0 Å². The van der Waals surface area contributed by atoms with Gasteiger partial charge in [-0.25, -0.2) is 4.79 Å². The summed E-state index contributed by atoms with van der Waals surface area (Å²) in [6.07, 6.45) is 1.78. The molecule has 7 nitrogen and oxygen atoms in total. The second kappa shape index (κ2) is 11.1. The van der Waals surface area contributed by atoms with Crippen LogP contribution >= 0.6 is 12.2 Å². The first-order valence-corrected chi connectivity index (χ1v) is 14.1. The highest BCUT2D eigenvalue weighted by atomic mass is 32.1. The van der Waals surface area contributed by atoms with Gasteiger partial charge < -0.3 is 24.6 Å². The maximum atomic E-state index is 12.1. The fourth-order valence-corrected chi connectivity index (χ4v) is 6.07. The Hall–Kier alpha value is -4.95. The molecule has 0 radical (unpaired) electrons. The predicted octanol–water partition coefficient (Wildman–Crippen LogP) is 7.47. The van der Waals surface area contributed by atoms with E-state index in [-0.39, 0.29) is 17.6 Å². The molecule has 210 valence electrons. The van der Waals surface area contributed by atoms with Crippen LogP contribution in [-0.4, -0.2) is 25.7 Å². The molecular formula is C34H30N4O3S. The van der Waals surface area contributed by atoms with E-state index in [4.69, 9.17) is 17.0 Å². The van der Waals surface area contributed by atoms with Gasteiger partial charge in [-0.3, -0.25) is 4.98 Å². The van der Waals surface area contributed by atoms with Crippen LogP contribution in [0.2, 0.25) is 0 Å². The first-order chi connectivity index (χ1) is 20.3. The van der Waals surface area contributed by atoms with Crippen molar-refractivity contribution in [3.05, 3.63) is 137 Å². The molecule has 0 saturated carbocycles. The number of benzene rings is 3. The van der Waals surface area contributed by atoms with E-state index in [2.05, 4.69) is 21.3 Å². The molecule has 2 N–H and O–H groups in total. The number of para-hydroxylation sites is 2. The van der Waals surface area contributed by atoms with Gasteiger partial charge in [-0.1, -0.05) is 36.4 Å². The van der Waals surface area contributed by atoms with E-state index >= 15 is 0 Å². The molecule has 1 saturated heterocycles. The average molecular weight is 575 g/mol. The van der Waals surface area contributed by atoms with Gasteiger partial charge in [-0.2, -0.15) is 0 Å². The van der Waals surface area contributed by atoms with Crippen molar-refractivity contribution in [2.45, 2.75) is 32.9 Å². The molecule has 6 rings (SSSR count). The number of nitrogens with one attached hydrogen (secondary N) is 1. The number of nitrogens with zero attached hydrogens (tertiary/aromatic N) is 3. The Morgan fingerprint density at radius 2 is 1.64 bits per heavy atom. The minimum absolute atomic E-state index is 0.231. The van der Waals surface area contributed by atoms with E-state index in [0.717, 1.165) is 45.4 Å². The number of aromatic carboxylic acids is 1. The molecule has 0 bridgehead atoms. The molecule has 8 heteroatoms. The number of carboxylic acids is 1. The van der Waals surface area contributed by atoms with Gasteiger partial charge in [0.15, 0.2) is 5.11 Å². The van der Waals surface area contributed by atoms with Crippen LogP contribution in [0.1, 0.15) is 50.7 Å². The molecule has 3 heterocycles. The molecule has 42 heavy (non-hydrogen) atoms. The first kappa shape index (κ1) is 27.2. The summed E-state index contributed by atoms with van der Waals surface area (Å²) in [5.41, 5.74) is 6.58. The lowest BCUT2D eigenvalue weighted by molar-refractivity contribution is 0.0697. The van der Waals surface area contributed by atoms with E-state index in [0.29, 0.717) is 10.8 Å². The Balaban J connectivity index is 1.44. The van der Waals surface area contributed by atoms with Crippen LogP contribution in [0.4, 0.5) is 5.69 Å². The third-order valence-electron chi connectivity index (χ3n) is 7.70. The number of thiocarbonyl (C=S) groups is 1. The van der Waals surface area contributed by atoms with Crippen LogP contribution in [0, 0.1) is 20.8 Å². The van der Waals surface area contributed by atoms with Gasteiger partial charge >= 0.3 is 5.97 Å². The molecule has 1 fully saturated rings. The zero-order valence-corrected chi connectivity index (χ0v) is 24.3. The summed E-state index contributed by atoms with van der Waals surface area (Å²) in [5.74, 6) is 0.572. The molecule has 0 amide bonds. The molecule has 1 aliphatic rings. The second-order valence-electron chi connectivity index (χ2n) is 10.3. The first-order valence-electron chi connectivity index (χ1n) is 13.7. The summed E-state index contributed by atoms with van der Waals surface area (Å²) < 4.78 is 8.15. The number of aromatic nitrogens is 2. The Morgan fingerprint density at radius 3 is 2.36 bits per heavy atom. The van der Waals surface area contributed by atoms with Crippen molar-refractivity contribution in [3.8, 4) is 17.2 Å². The van der Waals surface area contributed by atoms with Gasteiger partial charge in [-0.05, 0) is 105 Å². The summed E-state index contributed by atoms with van der Waals surface area (Å²) in [4.78, 5) is 18.9. The largest absolute Gasteiger partial charge is 0.478 e. The lowest BCUT2D eigenvalue weighted by Crippen LogP contribution is -2.29. The molecule has 5 aromatic rings. The van der Waals surface area contributed by atoms with Crippen molar-refractivity contribution in [3.63, 3.8) is 0 Å². The molecule has 1 aliphatic heterocycles. The minimum atomic E-state index is -0.968. The zero-order chi connectivity index (χ0) is 29.4. The van der Waals surface area contributed by atoms with Crippen LogP contribution in [0.15, 0.2) is 103 Å². The minimum Gasteiger partial charge on any atom is -0.478 e. The lowest BCUT2D eigenvalue weighted by atomic mass is 9.96. The topological polar surface area (TPSA) is 79.6 Å². The predicted molar refractivity (Wildman–Crippen MR) is 168 cm³/mol. The van der Waals surface area contributed by atoms with Crippen molar-refractivity contribution in [2.75, 3.05) is 4.90 Å². The summed E-state index contributed by atoms with van der Waals surface area (Å²) in [7, 11) is 0. The summed E-state index contributed by atoms with van der Waals surface area (Å²) in [6, 6.07) is 30.4. The van der Waals surface area contributed by atoms with E-state index < -0.39 is 5.97 Å². The lowest BCUT2D eigenvalue weighted by Gasteiger charge is -2.28. The highest BCUT2D eigenvalue weighted by Gasteiger charge is 2.42. The Bertz CT molecular complexity index is 1780. The number of ether oxygens (including phenoxy) is 1. The quantitative estimate of drug-likeness (QED) is 0.195. The molecule has 2 aromatic heterocycles. The van der Waals surface area contributed by atoms with Crippen molar-refractivity contribution < 1.29 is 14.6 Å². The molecule has 2 unspecified atom stereocenters. The van der Waals surface area contributed by atoms with Crippen LogP contribution in [0.25, 0.3) is 5.69 Å². The van der Waals surface area contributed by atoms with E-state index in [9.17, 15) is 9.90 Å². The average Bonchev–Trinajstić information content (AvgIpc) is 3.49. The van der Waals surface area contributed by atoms with Gasteiger partial charge in [0.05, 0.1) is 29.0 Å². The van der Waals surface area contributed by atoms with Gasteiger partial charge in [0, 0.05) is 23.3 Å². The maximum Gasteiger partial charge on any atom is 0.337 e. The van der Waals surface area contributed by atoms with Crippen molar-refractivity contribution in [1.82, 2.24) is 14.9 Å². The molecule has 0 spiro atoms. The van der Waals surface area contributed by atoms with E-state index in [1.54, 1.807) is 18.3 Å². The van der Waals surface area contributed by atoms with Gasteiger partial charge in [0.25, 0.3) is 0 Å². The van der Waals surface area contributed by atoms with Crippen LogP contribution in [0.3, 0.4) is 0 Å². The van der Waals surface area contributed by atoms with Gasteiger partial charge in [0.2, 0.25) is 0 Å². The highest BCUT2D eigenvalue weighted by Crippen LogP contribution is 2.44. The number of carbonyl (C=O) groups is 1. The standard InChI is InChI=1S/C34H30N4O3S/c1-21-10-4-7-14-30(21)41-25-17-15-24(16-18-25)38-32(31(36-34(38)42)28-12-8-9-19-35-28)27-20-22(2)37(23(27)3)29-13-6-5-11-26(29)33(39)40/h4-20,31-32H,1-3H3,(H,36,42)(H,39,40). The normalized spacial score (nSPS) is 16.4. The third kappa shape index (κ3) is 4.90.